The molecule has 3 nitrogen and oxygen atoms in total. The van der Waals surface area contributed by atoms with Crippen molar-refractivity contribution < 1.29 is 4.74 Å². The maximum atomic E-state index is 5.43. The molecule has 0 saturated carbocycles. The van der Waals surface area contributed by atoms with E-state index in [1.807, 2.05) is 13.8 Å². The van der Waals surface area contributed by atoms with Gasteiger partial charge in [0.2, 0.25) is 0 Å². The van der Waals surface area contributed by atoms with Crippen LogP contribution in [-0.2, 0) is 4.74 Å². The van der Waals surface area contributed by atoms with Crippen molar-refractivity contribution in [3.8, 4) is 0 Å². The second-order valence-electron chi connectivity index (χ2n) is 2.36. The summed E-state index contributed by atoms with van der Waals surface area (Å²) < 4.78 is 5.20. The van der Waals surface area contributed by atoms with E-state index in [1.165, 1.54) is 0 Å². The zero-order valence-electron chi connectivity index (χ0n) is 6.13. The Kier molecular flexibility index (Phi) is 4.67. The molecular weight excluding hydrogens is 116 g/mol. The maximum Gasteiger partial charge on any atom is 0.0669 e. The molecule has 0 aliphatic carbocycles. The molecule has 0 bridgehead atoms. The highest BCUT2D eigenvalue weighted by Crippen LogP contribution is 1.87. The Labute approximate surface area is 56.4 Å². The predicted octanol–water partition coefficient (Wildman–Crippen LogP) is -0.303. The van der Waals surface area contributed by atoms with Gasteiger partial charge in [0.05, 0.1) is 12.7 Å². The lowest BCUT2D eigenvalue weighted by molar-refractivity contribution is 0.0646. The van der Waals surface area contributed by atoms with Gasteiger partial charge in [-0.15, -0.1) is 0 Å². The van der Waals surface area contributed by atoms with Crippen molar-refractivity contribution in [2.24, 2.45) is 11.5 Å². The summed E-state index contributed by atoms with van der Waals surface area (Å²) in [5, 5.41) is 0. The Morgan fingerprint density at radius 2 is 2.00 bits per heavy atom. The van der Waals surface area contributed by atoms with Gasteiger partial charge in [0.25, 0.3) is 0 Å². The molecule has 0 fully saturated rings. The summed E-state index contributed by atoms with van der Waals surface area (Å²) in [6.45, 7) is 5.00. The van der Waals surface area contributed by atoms with Crippen molar-refractivity contribution in [3.05, 3.63) is 0 Å². The smallest absolute Gasteiger partial charge is 0.0669 e. The van der Waals surface area contributed by atoms with E-state index in [1.54, 1.807) is 0 Å². The minimum Gasteiger partial charge on any atom is -0.376 e. The number of hydrogen-bond donors (Lipinski definition) is 2. The van der Waals surface area contributed by atoms with Gasteiger partial charge < -0.3 is 16.2 Å². The van der Waals surface area contributed by atoms with Crippen molar-refractivity contribution >= 4 is 0 Å². The van der Waals surface area contributed by atoms with Crippen molar-refractivity contribution in [1.82, 2.24) is 0 Å². The summed E-state index contributed by atoms with van der Waals surface area (Å²) in [5.74, 6) is 0. The van der Waals surface area contributed by atoms with Gasteiger partial charge in [0.1, 0.15) is 0 Å². The quantitative estimate of drug-likeness (QED) is 0.552. The summed E-state index contributed by atoms with van der Waals surface area (Å²) in [7, 11) is 0. The van der Waals surface area contributed by atoms with Crippen LogP contribution in [0.4, 0.5) is 0 Å². The topological polar surface area (TPSA) is 61.3 Å². The van der Waals surface area contributed by atoms with Gasteiger partial charge in [0, 0.05) is 12.6 Å². The highest BCUT2D eigenvalue weighted by atomic mass is 16.5. The molecule has 0 aromatic rings. The van der Waals surface area contributed by atoms with Gasteiger partial charge in [-0.25, -0.2) is 0 Å². The minimum absolute atomic E-state index is 0.110. The van der Waals surface area contributed by atoms with Crippen molar-refractivity contribution in [3.63, 3.8) is 0 Å². The molecule has 0 aromatic carbocycles. The van der Waals surface area contributed by atoms with E-state index in [-0.39, 0.29) is 12.1 Å². The fourth-order valence-electron chi connectivity index (χ4n) is 0.384. The Hall–Kier alpha value is -0.120. The van der Waals surface area contributed by atoms with Crippen LogP contribution < -0.4 is 11.5 Å². The molecule has 0 heterocycles. The first-order valence-electron chi connectivity index (χ1n) is 3.24. The molecule has 0 rings (SSSR count). The second-order valence-corrected chi connectivity index (χ2v) is 2.36. The van der Waals surface area contributed by atoms with Crippen LogP contribution >= 0.6 is 0 Å². The van der Waals surface area contributed by atoms with Crippen molar-refractivity contribution in [2.75, 3.05) is 13.2 Å². The van der Waals surface area contributed by atoms with Crippen molar-refractivity contribution in [1.29, 1.82) is 0 Å². The van der Waals surface area contributed by atoms with E-state index < -0.39 is 0 Å². The highest BCUT2D eigenvalue weighted by Gasteiger charge is 1.99. The third-order valence-electron chi connectivity index (χ3n) is 0.976. The molecule has 0 aliphatic rings. The largest absolute Gasteiger partial charge is 0.376 e. The molecular formula is C6H16N2O. The Bertz CT molecular complexity index is 66.1. The lowest BCUT2D eigenvalue weighted by Gasteiger charge is -2.11. The number of hydrogen-bond acceptors (Lipinski definition) is 3. The molecule has 0 amide bonds. The van der Waals surface area contributed by atoms with Crippen LogP contribution in [0.1, 0.15) is 13.8 Å². The van der Waals surface area contributed by atoms with Crippen LogP contribution in [0.25, 0.3) is 0 Å². The van der Waals surface area contributed by atoms with E-state index >= 15 is 0 Å². The molecule has 3 heteroatoms. The summed E-state index contributed by atoms with van der Waals surface area (Å²) >= 11 is 0. The number of ether oxygens (including phenoxy) is 1. The fourth-order valence-corrected chi connectivity index (χ4v) is 0.384. The molecule has 0 spiro atoms. The van der Waals surface area contributed by atoms with Crippen LogP contribution in [-0.4, -0.2) is 25.3 Å². The van der Waals surface area contributed by atoms with Gasteiger partial charge in [0.15, 0.2) is 0 Å². The Morgan fingerprint density at radius 1 is 1.44 bits per heavy atom. The first-order valence-corrected chi connectivity index (χ1v) is 3.24. The highest BCUT2D eigenvalue weighted by molar-refractivity contribution is 4.53. The normalized spacial score (nSPS) is 17.3. The molecule has 0 aromatic heterocycles. The summed E-state index contributed by atoms with van der Waals surface area (Å²) in [6.07, 6.45) is 0.135. The predicted molar refractivity (Wildman–Crippen MR) is 38.1 cm³/mol. The number of rotatable bonds is 4. The van der Waals surface area contributed by atoms with Crippen LogP contribution in [0.5, 0.6) is 0 Å². The average Bonchev–Trinajstić information content (AvgIpc) is 1.83. The fraction of sp³-hybridized carbons (Fsp3) is 1.00. The van der Waals surface area contributed by atoms with Gasteiger partial charge >= 0.3 is 0 Å². The summed E-state index contributed by atoms with van der Waals surface area (Å²) in [6, 6.07) is 0.110. The first-order chi connectivity index (χ1) is 4.16. The zero-order valence-corrected chi connectivity index (χ0v) is 6.13. The van der Waals surface area contributed by atoms with Crippen LogP contribution in [0.15, 0.2) is 0 Å². The molecule has 0 aliphatic heterocycles. The van der Waals surface area contributed by atoms with E-state index in [9.17, 15) is 0 Å². The minimum atomic E-state index is 0.110. The molecule has 2 atom stereocenters. The monoisotopic (exact) mass is 132 g/mol. The van der Waals surface area contributed by atoms with Crippen LogP contribution in [0, 0.1) is 0 Å². The van der Waals surface area contributed by atoms with E-state index in [0.717, 1.165) is 0 Å². The Morgan fingerprint density at radius 3 is 2.33 bits per heavy atom. The second kappa shape index (κ2) is 4.73. The third kappa shape index (κ3) is 5.76. The molecule has 9 heavy (non-hydrogen) atoms. The lowest BCUT2D eigenvalue weighted by Crippen LogP contribution is -2.28. The van der Waals surface area contributed by atoms with Gasteiger partial charge in [-0.2, -0.15) is 0 Å². The van der Waals surface area contributed by atoms with E-state index in [0.29, 0.717) is 13.2 Å². The molecule has 0 saturated heterocycles. The SMILES string of the molecule is CC(N)COC(C)CN. The Balaban J connectivity index is 3.06. The van der Waals surface area contributed by atoms with Crippen LogP contribution in [0.2, 0.25) is 0 Å². The zero-order chi connectivity index (χ0) is 7.28. The summed E-state index contributed by atoms with van der Waals surface area (Å²) in [4.78, 5) is 0. The van der Waals surface area contributed by atoms with Gasteiger partial charge in [-0.05, 0) is 13.8 Å². The maximum absolute atomic E-state index is 5.43. The first kappa shape index (κ1) is 8.88. The third-order valence-corrected chi connectivity index (χ3v) is 0.976. The van der Waals surface area contributed by atoms with Gasteiger partial charge in [-0.1, -0.05) is 0 Å². The molecule has 56 valence electrons. The van der Waals surface area contributed by atoms with Crippen molar-refractivity contribution in [2.45, 2.75) is 26.0 Å². The lowest BCUT2D eigenvalue weighted by atomic mass is 10.4. The van der Waals surface area contributed by atoms with E-state index in [4.69, 9.17) is 16.2 Å². The van der Waals surface area contributed by atoms with Crippen LogP contribution in [0.3, 0.4) is 0 Å². The van der Waals surface area contributed by atoms with Gasteiger partial charge in [-0.3, -0.25) is 0 Å². The molecule has 2 unspecified atom stereocenters. The summed E-state index contributed by atoms with van der Waals surface area (Å²) in [5.41, 5.74) is 10.7. The average molecular weight is 132 g/mol. The molecule has 0 radical (unpaired) electrons. The molecule has 4 N–H and O–H groups in total. The standard InChI is InChI=1S/C6H16N2O/c1-5(8)4-9-6(2)3-7/h5-6H,3-4,7-8H2,1-2H3. The van der Waals surface area contributed by atoms with E-state index in [2.05, 4.69) is 0 Å². The number of nitrogens with two attached hydrogens (primary N) is 2.